The maximum atomic E-state index is 11.2. The van der Waals surface area contributed by atoms with Crippen molar-refractivity contribution in [3.63, 3.8) is 0 Å². The fraction of sp³-hybridized carbons (Fsp3) is 0.588. The van der Waals surface area contributed by atoms with E-state index in [1.54, 1.807) is 0 Å². The largest absolute Gasteiger partial charge is 0.508 e. The number of rotatable bonds is 11. The number of benzene rings is 2. The minimum Gasteiger partial charge on any atom is -0.508 e. The van der Waals surface area contributed by atoms with E-state index < -0.39 is 5.60 Å². The Labute approximate surface area is 479 Å². The molecular weight excluding hydrogens is 1500 g/mol. The first-order chi connectivity index (χ1) is 28.8. The maximum absolute atomic E-state index is 11.2. The summed E-state index contributed by atoms with van der Waals surface area (Å²) in [6.45, 7) is 32.8. The van der Waals surface area contributed by atoms with Crippen molar-refractivity contribution in [3.8, 4) is 23.0 Å². The van der Waals surface area contributed by atoms with Gasteiger partial charge >= 0.3 is 0 Å². The number of allylic oxidation sites excluding steroid dienone is 5. The molecule has 4 rings (SSSR count). The molecule has 361 valence electrons. The summed E-state index contributed by atoms with van der Waals surface area (Å²) in [7, 11) is 0. The third-order valence-corrected chi connectivity index (χ3v) is 12.1. The fourth-order valence-corrected chi connectivity index (χ4v) is 8.17. The standard InChI is InChI=1S/C25H38O2.C13H20O2.C10H16O.CHI3.CH2I2.CH2I.V/c1-9-10-16(5)17(6)22-18(7)24(26)23(25(27)19(22)8)21-13-15(4)11-12-20(21)14(2)3;1-4-5-6-7-11-9(2)12(14)8-13(15)10(11)3;1-8(2)9-4-6-10(3,11)7-5-9;2-1(3)4;2-1-3;1-2;/h13,16-17,20-21,26-27H,2,9-12H2,1,3-8H3;8,14-15H,4-7H2,1-3H3;4,6,9,11H,1,5,7H2,2-3H3;1H;1H2;1H2;/q;;;;;-1;. The predicted octanol–water partition coefficient (Wildman–Crippen LogP) is 18.6. The zero-order chi connectivity index (χ0) is 48.7. The van der Waals surface area contributed by atoms with Crippen LogP contribution in [0, 0.1) is 50.4 Å². The molecule has 0 amide bonds. The molecule has 0 heterocycles. The first-order valence-electron chi connectivity index (χ1n) is 21.6. The molecule has 0 fully saturated rings. The summed E-state index contributed by atoms with van der Waals surface area (Å²) in [6, 6.07) is 1.42. The molecule has 5 nitrogen and oxygen atoms in total. The Hall–Kier alpha value is 1.52. The van der Waals surface area contributed by atoms with E-state index in [0.29, 0.717) is 23.3 Å². The van der Waals surface area contributed by atoms with Crippen molar-refractivity contribution in [1.29, 1.82) is 0 Å². The second-order valence-electron chi connectivity index (χ2n) is 17.0. The van der Waals surface area contributed by atoms with E-state index in [9.17, 15) is 25.5 Å². The third kappa shape index (κ3) is 24.8. The molecule has 6 atom stereocenters. The zero-order valence-corrected chi connectivity index (χ0v) is 54.5. The number of aromatic hydroxyl groups is 4. The molecule has 2 aromatic carbocycles. The molecule has 12 heteroatoms. The predicted molar refractivity (Wildman–Crippen MR) is 324 cm³/mol. The van der Waals surface area contributed by atoms with Gasteiger partial charge in [0.05, 0.1) is 8.04 Å². The Kier molecular flexibility index (Phi) is 39.8. The molecule has 63 heavy (non-hydrogen) atoms. The van der Waals surface area contributed by atoms with Crippen molar-refractivity contribution in [2.75, 3.05) is 2.43 Å². The minimum atomic E-state index is -0.577. The van der Waals surface area contributed by atoms with Gasteiger partial charge in [-0.15, -0.1) is 0 Å². The van der Waals surface area contributed by atoms with Crippen LogP contribution >= 0.6 is 136 Å². The first-order valence-corrected chi connectivity index (χ1v) is 29.9. The van der Waals surface area contributed by atoms with Crippen molar-refractivity contribution in [2.24, 2.45) is 17.8 Å². The van der Waals surface area contributed by atoms with Gasteiger partial charge in [0.15, 0.2) is 0 Å². The Morgan fingerprint density at radius 2 is 1.30 bits per heavy atom. The Bertz CT molecular complexity index is 1670. The van der Waals surface area contributed by atoms with Gasteiger partial charge in [0, 0.05) is 36.1 Å². The molecule has 0 saturated heterocycles. The van der Waals surface area contributed by atoms with E-state index in [1.807, 2.05) is 70.2 Å². The second-order valence-corrected chi connectivity index (χ2v) is 32.3. The average molecular weight is 1580 g/mol. The quantitative estimate of drug-likeness (QED) is 0.0507. The molecule has 0 bridgehead atoms. The molecule has 2 aromatic rings. The molecule has 2 aliphatic carbocycles. The number of phenols is 4. The summed E-state index contributed by atoms with van der Waals surface area (Å²) in [4.78, 5) is 3.22. The topological polar surface area (TPSA) is 101 Å². The average Bonchev–Trinajstić information content (AvgIpc) is 3.19. The van der Waals surface area contributed by atoms with Crippen molar-refractivity contribution < 1.29 is 44.1 Å². The van der Waals surface area contributed by atoms with Gasteiger partial charge in [0.25, 0.3) is 0 Å². The molecule has 1 radical (unpaired) electrons. The van der Waals surface area contributed by atoms with Crippen molar-refractivity contribution >= 4 is 136 Å². The van der Waals surface area contributed by atoms with Gasteiger partial charge in [-0.25, -0.2) is 0 Å². The van der Waals surface area contributed by atoms with Crippen LogP contribution in [-0.4, -0.2) is 33.5 Å². The van der Waals surface area contributed by atoms with Gasteiger partial charge in [-0.3, -0.25) is 4.93 Å². The van der Waals surface area contributed by atoms with Gasteiger partial charge in [-0.2, -0.15) is 0 Å². The van der Waals surface area contributed by atoms with Crippen LogP contribution in [0.25, 0.3) is 0 Å². The summed E-state index contributed by atoms with van der Waals surface area (Å²) in [5.41, 5.74) is 9.61. The molecule has 5 N–H and O–H groups in total. The van der Waals surface area contributed by atoms with Crippen LogP contribution < -0.4 is 0 Å². The summed E-state index contributed by atoms with van der Waals surface area (Å²) in [5, 5.41) is 51.1. The normalized spacial score (nSPS) is 19.5. The Balaban J connectivity index is -0.000000841. The molecule has 2 aliphatic rings. The van der Waals surface area contributed by atoms with Gasteiger partial charge < -0.3 is 48.1 Å². The van der Waals surface area contributed by atoms with Crippen molar-refractivity contribution in [1.82, 2.24) is 0 Å². The van der Waals surface area contributed by atoms with E-state index in [1.165, 1.54) is 32.5 Å². The molecule has 0 spiro atoms. The monoisotopic (exact) mass is 1580 g/mol. The van der Waals surface area contributed by atoms with Gasteiger partial charge in [0.2, 0.25) is 0 Å². The Morgan fingerprint density at radius 1 is 0.825 bits per heavy atom. The van der Waals surface area contributed by atoms with Gasteiger partial charge in [-0.1, -0.05) is 214 Å². The van der Waals surface area contributed by atoms with Crippen LogP contribution in [0.1, 0.15) is 164 Å². The molecule has 6 unspecified atom stereocenters. The van der Waals surface area contributed by atoms with E-state index >= 15 is 0 Å². The molecule has 0 saturated carbocycles. The van der Waals surface area contributed by atoms with Crippen LogP contribution in [-0.2, 0) is 25.0 Å². The zero-order valence-electron chi connectivity index (χ0n) is 40.1. The van der Waals surface area contributed by atoms with Crippen LogP contribution in [0.5, 0.6) is 23.0 Å². The smallest absolute Gasteiger partial charge is 0.126 e. The first kappa shape index (κ1) is 68.8. The third-order valence-electron chi connectivity index (χ3n) is 12.1. The number of hydrogen-bond acceptors (Lipinski definition) is 5. The van der Waals surface area contributed by atoms with Crippen molar-refractivity contribution in [3.05, 3.63) is 98.0 Å². The summed E-state index contributed by atoms with van der Waals surface area (Å²) in [5.74, 6) is 2.48. The molecule has 0 aliphatic heterocycles. The summed E-state index contributed by atoms with van der Waals surface area (Å²) >= 11 is 13.4. The Morgan fingerprint density at radius 3 is 1.68 bits per heavy atom. The van der Waals surface area contributed by atoms with Gasteiger partial charge in [0.1, 0.15) is 22.9 Å². The number of hydrogen-bond donors (Lipinski definition) is 5. The summed E-state index contributed by atoms with van der Waals surface area (Å²) < 4.78 is 1.93. The van der Waals surface area contributed by atoms with E-state index in [2.05, 4.69) is 185 Å². The number of halogens is 6. The second kappa shape index (κ2) is 36.5. The van der Waals surface area contributed by atoms with Crippen LogP contribution in [0.4, 0.5) is 0 Å². The number of alkyl halides is 5. The number of phenolic OH excluding ortho intramolecular Hbond substituents is 4. The number of aliphatic hydroxyl groups is 1. The summed E-state index contributed by atoms with van der Waals surface area (Å²) in [6.07, 6.45) is 16.8. The molecular formula is C51H79I6O5V-. The van der Waals surface area contributed by atoms with E-state index in [0.717, 1.165) is 90.3 Å². The SMILES string of the molecule is C=C(C)C1C=CC(C)(O)CC1.C=C(C)C1CCC(C)=CC1c1c(O)c(C)c(C(C)C(C)CCC)c(C)c1O.CCCCCc1c(C)c(O)cc(O)c1C.IC(I)I.ICI.[CH2-]I.[V]. The van der Waals surface area contributed by atoms with Gasteiger partial charge in [-0.05, 0) is 151 Å². The number of unbranched alkanes of at least 4 members (excludes halogenated alkanes) is 2. The van der Waals surface area contributed by atoms with Crippen LogP contribution in [0.2, 0.25) is 0 Å². The van der Waals surface area contributed by atoms with Crippen LogP contribution in [0.3, 0.4) is 0 Å². The van der Waals surface area contributed by atoms with Crippen molar-refractivity contribution in [2.45, 2.75) is 165 Å². The van der Waals surface area contributed by atoms with E-state index in [4.69, 9.17) is 0 Å². The fourth-order valence-electron chi connectivity index (χ4n) is 8.17. The van der Waals surface area contributed by atoms with Crippen LogP contribution in [0.15, 0.2) is 54.2 Å². The maximum Gasteiger partial charge on any atom is 0.126 e. The van der Waals surface area contributed by atoms with E-state index in [-0.39, 0.29) is 53.4 Å². The minimum absolute atomic E-state index is 0. The molecule has 0 aromatic heterocycles.